The van der Waals surface area contributed by atoms with Crippen molar-refractivity contribution in [3.63, 3.8) is 0 Å². The summed E-state index contributed by atoms with van der Waals surface area (Å²) in [6.45, 7) is 16.7. The molecule has 3 nitrogen and oxygen atoms in total. The molecule has 3 heteroatoms. The number of hydrogen-bond acceptors (Lipinski definition) is 2. The van der Waals surface area contributed by atoms with Crippen LogP contribution < -0.4 is 0 Å². The minimum Gasteiger partial charge on any atom is -0.288 e. The average molecular weight is 360 g/mol. The van der Waals surface area contributed by atoms with Gasteiger partial charge >= 0.3 is 0 Å². The number of nitrogens with zero attached hydrogens (tertiary/aromatic N) is 3. The number of aliphatic imine (C=N–C) groups is 2. The van der Waals surface area contributed by atoms with Crippen molar-refractivity contribution >= 4 is 12.1 Å². The van der Waals surface area contributed by atoms with E-state index in [1.807, 2.05) is 0 Å². The van der Waals surface area contributed by atoms with Crippen molar-refractivity contribution in [3.05, 3.63) is 24.9 Å². The first kappa shape index (κ1) is 22.8. The Morgan fingerprint density at radius 2 is 1.54 bits per heavy atom. The summed E-state index contributed by atoms with van der Waals surface area (Å²) in [4.78, 5) is 11.1. The van der Waals surface area contributed by atoms with Gasteiger partial charge in [-0.15, -0.1) is 0 Å². The molecule has 0 aliphatic carbocycles. The van der Waals surface area contributed by atoms with E-state index in [4.69, 9.17) is 0 Å². The van der Waals surface area contributed by atoms with Crippen LogP contribution >= 0.6 is 0 Å². The van der Waals surface area contributed by atoms with Crippen LogP contribution in [-0.4, -0.2) is 35.6 Å². The maximum atomic E-state index is 4.50. The number of likely N-dealkylation sites (tertiary alicyclic amines) is 1. The fourth-order valence-corrected chi connectivity index (χ4v) is 3.82. The predicted molar refractivity (Wildman–Crippen MR) is 117 cm³/mol. The Balaban J connectivity index is 2.70. The summed E-state index contributed by atoms with van der Waals surface area (Å²) < 4.78 is 0. The lowest BCUT2D eigenvalue weighted by Gasteiger charge is -2.39. The fraction of sp³-hybridized carbons (Fsp3) is 0.739. The van der Waals surface area contributed by atoms with Gasteiger partial charge in [0.15, 0.2) is 0 Å². The van der Waals surface area contributed by atoms with E-state index >= 15 is 0 Å². The summed E-state index contributed by atoms with van der Waals surface area (Å²) >= 11 is 0. The summed E-state index contributed by atoms with van der Waals surface area (Å²) in [7, 11) is 0. The van der Waals surface area contributed by atoms with Gasteiger partial charge in [0.1, 0.15) is 6.34 Å². The Morgan fingerprint density at radius 3 is 2.12 bits per heavy atom. The van der Waals surface area contributed by atoms with Crippen molar-refractivity contribution < 1.29 is 0 Å². The highest BCUT2D eigenvalue weighted by Crippen LogP contribution is 2.32. The SMILES string of the molecule is C=CN=CN=C1CN(C(C)(CCCCCC)CCCCCCC)CC1=C. The Morgan fingerprint density at radius 1 is 0.962 bits per heavy atom. The van der Waals surface area contributed by atoms with Gasteiger partial charge in [-0.1, -0.05) is 84.8 Å². The van der Waals surface area contributed by atoms with Crippen LogP contribution in [0.4, 0.5) is 0 Å². The topological polar surface area (TPSA) is 28.0 Å². The van der Waals surface area contributed by atoms with Crippen LogP contribution in [-0.2, 0) is 0 Å². The molecule has 1 saturated heterocycles. The normalized spacial score (nSPS) is 19.5. The number of rotatable bonds is 14. The second-order valence-corrected chi connectivity index (χ2v) is 7.95. The first-order valence-electron chi connectivity index (χ1n) is 10.7. The third-order valence-electron chi connectivity index (χ3n) is 5.67. The van der Waals surface area contributed by atoms with E-state index in [-0.39, 0.29) is 5.54 Å². The van der Waals surface area contributed by atoms with E-state index in [1.165, 1.54) is 76.8 Å². The van der Waals surface area contributed by atoms with Crippen LogP contribution in [0.25, 0.3) is 0 Å². The van der Waals surface area contributed by atoms with E-state index < -0.39 is 0 Å². The van der Waals surface area contributed by atoms with Crippen molar-refractivity contribution in [2.24, 2.45) is 9.98 Å². The molecule has 0 bridgehead atoms. The molecule has 1 atom stereocenters. The first-order chi connectivity index (χ1) is 12.6. The monoisotopic (exact) mass is 359 g/mol. The van der Waals surface area contributed by atoms with Gasteiger partial charge in [-0.25, -0.2) is 9.98 Å². The highest BCUT2D eigenvalue weighted by Gasteiger charge is 2.36. The lowest BCUT2D eigenvalue weighted by Crippen LogP contribution is -2.45. The van der Waals surface area contributed by atoms with Crippen molar-refractivity contribution in [2.75, 3.05) is 13.1 Å². The van der Waals surface area contributed by atoms with Gasteiger partial charge < -0.3 is 0 Å². The Labute approximate surface area is 162 Å². The van der Waals surface area contributed by atoms with E-state index in [0.717, 1.165) is 24.4 Å². The Bertz CT molecular complexity index is 478. The molecule has 148 valence electrons. The van der Waals surface area contributed by atoms with Gasteiger partial charge in [0, 0.05) is 24.8 Å². The fourth-order valence-electron chi connectivity index (χ4n) is 3.82. The minimum absolute atomic E-state index is 0.260. The molecule has 1 heterocycles. The van der Waals surface area contributed by atoms with E-state index in [9.17, 15) is 0 Å². The Hall–Kier alpha value is -1.22. The molecule has 0 aromatic rings. The first-order valence-corrected chi connectivity index (χ1v) is 10.7. The van der Waals surface area contributed by atoms with Crippen LogP contribution in [0.3, 0.4) is 0 Å². The molecule has 0 aromatic carbocycles. The van der Waals surface area contributed by atoms with Crippen molar-refractivity contribution in [2.45, 2.75) is 96.9 Å². The molecular formula is C23H41N3. The van der Waals surface area contributed by atoms with Crippen LogP contribution in [0.15, 0.2) is 34.9 Å². The minimum atomic E-state index is 0.260. The molecule has 0 radical (unpaired) electrons. The van der Waals surface area contributed by atoms with Gasteiger partial charge in [-0.05, 0) is 25.3 Å². The lowest BCUT2D eigenvalue weighted by atomic mass is 9.86. The maximum Gasteiger partial charge on any atom is 0.115 e. The van der Waals surface area contributed by atoms with Crippen LogP contribution in [0.5, 0.6) is 0 Å². The van der Waals surface area contributed by atoms with Crippen LogP contribution in [0.2, 0.25) is 0 Å². The van der Waals surface area contributed by atoms with Gasteiger partial charge in [0.25, 0.3) is 0 Å². The van der Waals surface area contributed by atoms with Gasteiger partial charge in [0.2, 0.25) is 0 Å². The molecule has 1 aliphatic rings. The molecule has 1 aliphatic heterocycles. The summed E-state index contributed by atoms with van der Waals surface area (Å²) in [6.07, 6.45) is 17.8. The molecule has 0 aromatic heterocycles. The molecule has 1 unspecified atom stereocenters. The number of hydrogen-bond donors (Lipinski definition) is 0. The van der Waals surface area contributed by atoms with E-state index in [1.54, 1.807) is 6.34 Å². The lowest BCUT2D eigenvalue weighted by molar-refractivity contribution is 0.117. The maximum absolute atomic E-state index is 4.50. The molecule has 0 amide bonds. The Kier molecular flexibility index (Phi) is 11.4. The molecule has 0 N–H and O–H groups in total. The van der Waals surface area contributed by atoms with Gasteiger partial charge in [0.05, 0.1) is 5.71 Å². The van der Waals surface area contributed by atoms with Crippen molar-refractivity contribution in [1.82, 2.24) is 4.90 Å². The van der Waals surface area contributed by atoms with Gasteiger partial charge in [-0.2, -0.15) is 0 Å². The second kappa shape index (κ2) is 13.0. The van der Waals surface area contributed by atoms with Crippen LogP contribution in [0, 0.1) is 0 Å². The van der Waals surface area contributed by atoms with E-state index in [0.29, 0.717) is 0 Å². The standard InChI is InChI=1S/C23H41N3/c1-6-9-11-13-15-17-23(5,16-14-12-10-7-2)26-18-21(4)22(19-26)25-20-24-8-3/h8,20H,3-4,6-7,9-19H2,1-2,5H3. The summed E-state index contributed by atoms with van der Waals surface area (Å²) in [6, 6.07) is 0. The van der Waals surface area contributed by atoms with Crippen molar-refractivity contribution in [3.8, 4) is 0 Å². The van der Waals surface area contributed by atoms with Crippen molar-refractivity contribution in [1.29, 1.82) is 0 Å². The highest BCUT2D eigenvalue weighted by molar-refractivity contribution is 6.06. The summed E-state index contributed by atoms with van der Waals surface area (Å²) in [5.74, 6) is 0. The molecule has 0 spiro atoms. The molecule has 1 fully saturated rings. The third kappa shape index (κ3) is 7.99. The molecule has 1 rings (SSSR count). The smallest absolute Gasteiger partial charge is 0.115 e. The molecule has 26 heavy (non-hydrogen) atoms. The van der Waals surface area contributed by atoms with Crippen LogP contribution in [0.1, 0.15) is 91.4 Å². The highest BCUT2D eigenvalue weighted by atomic mass is 15.2. The quantitative estimate of drug-likeness (QED) is 0.196. The molecule has 0 saturated carbocycles. The van der Waals surface area contributed by atoms with Gasteiger partial charge in [-0.3, -0.25) is 4.90 Å². The third-order valence-corrected chi connectivity index (χ3v) is 5.67. The largest absolute Gasteiger partial charge is 0.288 e. The second-order valence-electron chi connectivity index (χ2n) is 7.95. The zero-order chi connectivity index (χ0) is 19.3. The summed E-state index contributed by atoms with van der Waals surface area (Å²) in [5.41, 5.74) is 2.49. The average Bonchev–Trinajstić information content (AvgIpc) is 3.00. The number of unbranched alkanes of at least 4 members (excludes halogenated alkanes) is 7. The van der Waals surface area contributed by atoms with E-state index in [2.05, 4.69) is 48.8 Å². The zero-order valence-electron chi connectivity index (χ0n) is 17.6. The zero-order valence-corrected chi connectivity index (χ0v) is 17.6. The summed E-state index contributed by atoms with van der Waals surface area (Å²) in [5, 5.41) is 0. The predicted octanol–water partition coefficient (Wildman–Crippen LogP) is 6.56. The molecular weight excluding hydrogens is 318 g/mol.